The Labute approximate surface area is 178 Å². The van der Waals surface area contributed by atoms with Crippen molar-refractivity contribution in [3.63, 3.8) is 0 Å². The van der Waals surface area contributed by atoms with E-state index in [1.165, 1.54) is 48.1 Å². The Bertz CT molecular complexity index is 976. The summed E-state index contributed by atoms with van der Waals surface area (Å²) in [6.07, 6.45) is 4.78. The van der Waals surface area contributed by atoms with E-state index >= 15 is 0 Å². The largest absolute Gasteiger partial charge is 0.356 e. The lowest BCUT2D eigenvalue weighted by Crippen LogP contribution is -2.35. The van der Waals surface area contributed by atoms with E-state index in [2.05, 4.69) is 52.7 Å². The molecule has 1 heterocycles. The van der Waals surface area contributed by atoms with E-state index in [0.717, 1.165) is 25.3 Å². The standard InChI is InChI=1S/C27H29FN2/c28-24-11-8-20(9-12-24)21-14-16-30(17-15-21)19-23-7-6-22-10-13-26(18-27(22)23)29-25-4-2-1-3-5-25/h1-5,8-13,18,21,23,29H,6-7,14-17,19H2. The minimum absolute atomic E-state index is 0.141. The van der Waals surface area contributed by atoms with Crippen LogP contribution in [0.2, 0.25) is 0 Å². The van der Waals surface area contributed by atoms with Crippen LogP contribution in [0.5, 0.6) is 0 Å². The molecule has 0 saturated carbocycles. The number of nitrogens with zero attached hydrogens (tertiary/aromatic N) is 1. The molecule has 154 valence electrons. The summed E-state index contributed by atoms with van der Waals surface area (Å²) in [5.41, 5.74) is 6.65. The molecule has 1 unspecified atom stereocenters. The Kier molecular flexibility index (Phi) is 5.54. The van der Waals surface area contributed by atoms with Crippen molar-refractivity contribution in [2.24, 2.45) is 0 Å². The van der Waals surface area contributed by atoms with Crippen LogP contribution in [0.3, 0.4) is 0 Å². The van der Waals surface area contributed by atoms with Gasteiger partial charge in [-0.15, -0.1) is 0 Å². The zero-order valence-electron chi connectivity index (χ0n) is 17.4. The highest BCUT2D eigenvalue weighted by molar-refractivity contribution is 5.61. The number of likely N-dealkylation sites (tertiary alicyclic amines) is 1. The second-order valence-corrected chi connectivity index (χ2v) is 8.77. The highest BCUT2D eigenvalue weighted by Gasteiger charge is 2.27. The van der Waals surface area contributed by atoms with Crippen molar-refractivity contribution in [1.82, 2.24) is 4.90 Å². The molecule has 0 spiro atoms. The van der Waals surface area contributed by atoms with Gasteiger partial charge in [0.2, 0.25) is 0 Å². The predicted octanol–water partition coefficient (Wildman–Crippen LogP) is 6.48. The molecule has 0 radical (unpaired) electrons. The van der Waals surface area contributed by atoms with Gasteiger partial charge in [-0.1, -0.05) is 36.4 Å². The number of hydrogen-bond donors (Lipinski definition) is 1. The minimum Gasteiger partial charge on any atom is -0.356 e. The Morgan fingerprint density at radius 1 is 0.833 bits per heavy atom. The lowest BCUT2D eigenvalue weighted by atomic mass is 9.89. The number of para-hydroxylation sites is 1. The first-order valence-electron chi connectivity index (χ1n) is 11.2. The summed E-state index contributed by atoms with van der Waals surface area (Å²) >= 11 is 0. The molecule has 1 saturated heterocycles. The zero-order chi connectivity index (χ0) is 20.3. The molecular formula is C27H29FN2. The van der Waals surface area contributed by atoms with Crippen LogP contribution in [-0.2, 0) is 6.42 Å². The number of piperidine rings is 1. The Hall–Kier alpha value is -2.65. The SMILES string of the molecule is Fc1ccc(C2CCN(CC3CCc4ccc(Nc5ccccc5)cc43)CC2)cc1. The molecule has 1 aliphatic carbocycles. The van der Waals surface area contributed by atoms with Gasteiger partial charge in [0.05, 0.1) is 0 Å². The van der Waals surface area contributed by atoms with Gasteiger partial charge >= 0.3 is 0 Å². The van der Waals surface area contributed by atoms with Crippen molar-refractivity contribution >= 4 is 11.4 Å². The molecule has 3 heteroatoms. The van der Waals surface area contributed by atoms with E-state index in [4.69, 9.17) is 0 Å². The van der Waals surface area contributed by atoms with E-state index in [9.17, 15) is 4.39 Å². The summed E-state index contributed by atoms with van der Waals surface area (Å²) in [5.74, 6) is 1.05. The number of rotatable bonds is 5. The first-order chi connectivity index (χ1) is 14.7. The third-order valence-corrected chi connectivity index (χ3v) is 6.82. The van der Waals surface area contributed by atoms with E-state index in [1.807, 2.05) is 18.2 Å². The molecule has 5 rings (SSSR count). The number of aryl methyl sites for hydroxylation is 1. The lowest BCUT2D eigenvalue weighted by Gasteiger charge is -2.34. The van der Waals surface area contributed by atoms with Gasteiger partial charge in [0.25, 0.3) is 0 Å². The molecule has 2 nitrogen and oxygen atoms in total. The molecule has 0 amide bonds. The fourth-order valence-electron chi connectivity index (χ4n) is 5.14. The molecule has 1 aliphatic heterocycles. The number of halogens is 1. The number of anilines is 2. The maximum absolute atomic E-state index is 13.2. The van der Waals surface area contributed by atoms with Crippen LogP contribution in [0.15, 0.2) is 72.8 Å². The van der Waals surface area contributed by atoms with Crippen molar-refractivity contribution in [3.05, 3.63) is 95.3 Å². The fraction of sp³-hybridized carbons (Fsp3) is 0.333. The van der Waals surface area contributed by atoms with Crippen molar-refractivity contribution in [2.45, 2.75) is 37.5 Å². The predicted molar refractivity (Wildman–Crippen MR) is 122 cm³/mol. The average molecular weight is 401 g/mol. The summed E-state index contributed by atoms with van der Waals surface area (Å²) in [5, 5.41) is 3.55. The average Bonchev–Trinajstić information content (AvgIpc) is 3.18. The third kappa shape index (κ3) is 4.27. The summed E-state index contributed by atoms with van der Waals surface area (Å²) in [6, 6.07) is 24.4. The van der Waals surface area contributed by atoms with E-state index < -0.39 is 0 Å². The van der Waals surface area contributed by atoms with Crippen LogP contribution in [0.4, 0.5) is 15.8 Å². The van der Waals surface area contributed by atoms with Gasteiger partial charge in [-0.2, -0.15) is 0 Å². The summed E-state index contributed by atoms with van der Waals surface area (Å²) < 4.78 is 13.2. The second-order valence-electron chi connectivity index (χ2n) is 8.77. The first-order valence-corrected chi connectivity index (χ1v) is 11.2. The quantitative estimate of drug-likeness (QED) is 0.527. The van der Waals surface area contributed by atoms with Gasteiger partial charge in [0, 0.05) is 17.9 Å². The van der Waals surface area contributed by atoms with Crippen molar-refractivity contribution in [2.75, 3.05) is 25.0 Å². The summed E-state index contributed by atoms with van der Waals surface area (Å²) in [4.78, 5) is 2.64. The van der Waals surface area contributed by atoms with Gasteiger partial charge < -0.3 is 10.2 Å². The van der Waals surface area contributed by atoms with Crippen LogP contribution in [0, 0.1) is 5.82 Å². The molecular weight excluding hydrogens is 371 g/mol. The van der Waals surface area contributed by atoms with Crippen LogP contribution in [-0.4, -0.2) is 24.5 Å². The zero-order valence-corrected chi connectivity index (χ0v) is 17.4. The molecule has 3 aromatic rings. The molecule has 1 atom stereocenters. The van der Waals surface area contributed by atoms with E-state index in [0.29, 0.717) is 11.8 Å². The molecule has 2 aliphatic rings. The van der Waals surface area contributed by atoms with Crippen molar-refractivity contribution in [1.29, 1.82) is 0 Å². The maximum Gasteiger partial charge on any atom is 0.123 e. The second kappa shape index (κ2) is 8.61. The van der Waals surface area contributed by atoms with Crippen molar-refractivity contribution in [3.8, 4) is 0 Å². The summed E-state index contributed by atoms with van der Waals surface area (Å²) in [7, 11) is 0. The molecule has 1 fully saturated rings. The lowest BCUT2D eigenvalue weighted by molar-refractivity contribution is 0.200. The number of nitrogens with one attached hydrogen (secondary N) is 1. The molecule has 3 aromatic carbocycles. The monoisotopic (exact) mass is 400 g/mol. The number of fused-ring (bicyclic) bond motifs is 1. The Morgan fingerprint density at radius 2 is 1.60 bits per heavy atom. The Morgan fingerprint density at radius 3 is 2.37 bits per heavy atom. The number of benzene rings is 3. The van der Waals surface area contributed by atoms with Gasteiger partial charge in [-0.25, -0.2) is 4.39 Å². The molecule has 0 bridgehead atoms. The fourth-order valence-corrected chi connectivity index (χ4v) is 5.14. The van der Waals surface area contributed by atoms with Crippen LogP contribution in [0.1, 0.15) is 47.8 Å². The molecule has 30 heavy (non-hydrogen) atoms. The topological polar surface area (TPSA) is 15.3 Å². The van der Waals surface area contributed by atoms with Crippen LogP contribution in [0.25, 0.3) is 0 Å². The van der Waals surface area contributed by atoms with E-state index in [1.54, 1.807) is 12.1 Å². The third-order valence-electron chi connectivity index (χ3n) is 6.82. The highest BCUT2D eigenvalue weighted by atomic mass is 19.1. The van der Waals surface area contributed by atoms with Gasteiger partial charge in [0.15, 0.2) is 0 Å². The molecule has 0 aromatic heterocycles. The minimum atomic E-state index is -0.141. The Balaban J connectivity index is 1.21. The van der Waals surface area contributed by atoms with Gasteiger partial charge in [-0.3, -0.25) is 0 Å². The normalized spacial score (nSPS) is 19.6. The summed E-state index contributed by atoms with van der Waals surface area (Å²) in [6.45, 7) is 3.42. The highest BCUT2D eigenvalue weighted by Crippen LogP contribution is 2.37. The van der Waals surface area contributed by atoms with Crippen LogP contribution < -0.4 is 5.32 Å². The van der Waals surface area contributed by atoms with Gasteiger partial charge in [-0.05, 0) is 104 Å². The van der Waals surface area contributed by atoms with Crippen molar-refractivity contribution < 1.29 is 4.39 Å². The van der Waals surface area contributed by atoms with Gasteiger partial charge in [0.1, 0.15) is 5.82 Å². The number of hydrogen-bond acceptors (Lipinski definition) is 2. The van der Waals surface area contributed by atoms with Crippen LogP contribution >= 0.6 is 0 Å². The first kappa shape index (κ1) is 19.3. The maximum atomic E-state index is 13.2. The molecule has 1 N–H and O–H groups in total. The van der Waals surface area contributed by atoms with E-state index in [-0.39, 0.29) is 5.82 Å². The smallest absolute Gasteiger partial charge is 0.123 e.